The minimum atomic E-state index is -1.07. The third-order valence-electron chi connectivity index (χ3n) is 6.73. The molecule has 3 unspecified atom stereocenters. The molecule has 15 heteroatoms. The molecule has 4 amide bonds. The molecule has 1 aromatic carbocycles. The second-order valence-corrected chi connectivity index (χ2v) is 12.8. The number of rotatable bonds is 17. The van der Waals surface area contributed by atoms with Gasteiger partial charge >= 0.3 is 5.69 Å². The summed E-state index contributed by atoms with van der Waals surface area (Å²) >= 11 is 2.91. The molecule has 240 valence electrons. The number of nitrogens with zero attached hydrogens (tertiary/aromatic N) is 2. The zero-order chi connectivity index (χ0) is 32.1. The first kappa shape index (κ1) is 35.1. The smallest absolute Gasteiger partial charge is 0.351 e. The van der Waals surface area contributed by atoms with E-state index in [2.05, 4.69) is 26.3 Å². The number of aliphatic hydroxyl groups is 1. The lowest BCUT2D eigenvalue weighted by molar-refractivity contribution is -0.132. The molecule has 1 aliphatic heterocycles. The predicted molar refractivity (Wildman–Crippen MR) is 170 cm³/mol. The van der Waals surface area contributed by atoms with E-state index in [0.29, 0.717) is 30.8 Å². The van der Waals surface area contributed by atoms with Crippen LogP contribution in [0.2, 0.25) is 0 Å². The average Bonchev–Trinajstić information content (AvgIpc) is 3.48. The molecule has 5 N–H and O–H groups in total. The molecule has 2 heterocycles. The highest BCUT2D eigenvalue weighted by Crippen LogP contribution is 2.30. The quantitative estimate of drug-likeness (QED) is 0.155. The summed E-state index contributed by atoms with van der Waals surface area (Å²) in [5.74, 6) is -0.533. The van der Waals surface area contributed by atoms with Crippen LogP contribution >= 0.6 is 23.5 Å². The number of amides is 4. The van der Waals surface area contributed by atoms with Crippen LogP contribution in [0.4, 0.5) is 5.82 Å². The SMILES string of the molecule is CSCCC(NC=O)C(=O)NC(CC(C)C)C(=O)NC(Cc1ccccc1)C(=O)Nc1ccn([C@H]2CS[C@@H](CO)O2)c(=O)n1. The molecule has 0 bridgehead atoms. The largest absolute Gasteiger partial charge is 0.393 e. The van der Waals surface area contributed by atoms with Crippen LogP contribution in [-0.4, -0.2) is 86.7 Å². The Balaban J connectivity index is 1.78. The Morgan fingerprint density at radius 2 is 1.82 bits per heavy atom. The maximum atomic E-state index is 13.6. The number of ether oxygens (including phenoxy) is 1. The van der Waals surface area contributed by atoms with Gasteiger partial charge in [0.05, 0.1) is 6.61 Å². The van der Waals surface area contributed by atoms with Gasteiger partial charge in [-0.2, -0.15) is 16.7 Å². The first-order valence-electron chi connectivity index (χ1n) is 14.3. The zero-order valence-corrected chi connectivity index (χ0v) is 26.6. The number of carbonyl (C=O) groups excluding carboxylic acids is 4. The monoisotopic (exact) mass is 648 g/mol. The lowest BCUT2D eigenvalue weighted by Crippen LogP contribution is -2.56. The molecule has 0 saturated carbocycles. The van der Waals surface area contributed by atoms with Crippen molar-refractivity contribution in [3.8, 4) is 0 Å². The van der Waals surface area contributed by atoms with Gasteiger partial charge in [-0.3, -0.25) is 23.7 Å². The van der Waals surface area contributed by atoms with Crippen LogP contribution in [0.3, 0.4) is 0 Å². The second kappa shape index (κ2) is 17.8. The molecule has 3 rings (SSSR count). The summed E-state index contributed by atoms with van der Waals surface area (Å²) in [7, 11) is 0. The first-order chi connectivity index (χ1) is 21.1. The lowest BCUT2D eigenvalue weighted by atomic mass is 10.0. The summed E-state index contributed by atoms with van der Waals surface area (Å²) < 4.78 is 6.90. The van der Waals surface area contributed by atoms with Crippen molar-refractivity contribution >= 4 is 53.5 Å². The van der Waals surface area contributed by atoms with Crippen LogP contribution < -0.4 is 27.0 Å². The van der Waals surface area contributed by atoms with Crippen molar-refractivity contribution in [3.05, 3.63) is 58.6 Å². The van der Waals surface area contributed by atoms with E-state index < -0.39 is 53.2 Å². The van der Waals surface area contributed by atoms with Crippen LogP contribution in [0.15, 0.2) is 47.4 Å². The van der Waals surface area contributed by atoms with Crippen molar-refractivity contribution in [2.24, 2.45) is 5.92 Å². The van der Waals surface area contributed by atoms with E-state index >= 15 is 0 Å². The lowest BCUT2D eigenvalue weighted by Gasteiger charge is -2.26. The molecule has 5 atom stereocenters. The Bertz CT molecular complexity index is 1310. The Labute approximate surface area is 264 Å². The highest BCUT2D eigenvalue weighted by Gasteiger charge is 2.31. The van der Waals surface area contributed by atoms with Gasteiger partial charge in [0.15, 0.2) is 0 Å². The Morgan fingerprint density at radius 3 is 2.43 bits per heavy atom. The average molecular weight is 649 g/mol. The standard InChI is InChI=1S/C29H40N6O7S2/c1-18(2)13-21(31-26(38)20(30-17-37)10-12-43-3)27(39)32-22(14-19-7-5-4-6-8-19)28(40)33-23-9-11-35(29(41)34-23)24-16-44-25(15-36)42-24/h4-9,11,17-18,20-22,24-25,36H,10,12-16H2,1-3H3,(H,30,37)(H,31,38)(H,32,39)(H,33,34,40,41)/t20?,21?,22?,24-,25+/m1/s1. The van der Waals surface area contributed by atoms with Crippen LogP contribution in [0, 0.1) is 5.92 Å². The fourth-order valence-electron chi connectivity index (χ4n) is 4.51. The molecule has 44 heavy (non-hydrogen) atoms. The van der Waals surface area contributed by atoms with Gasteiger partial charge < -0.3 is 31.1 Å². The third-order valence-corrected chi connectivity index (χ3v) is 8.48. The van der Waals surface area contributed by atoms with Crippen molar-refractivity contribution in [1.82, 2.24) is 25.5 Å². The molecule has 0 spiro atoms. The third kappa shape index (κ3) is 10.6. The van der Waals surface area contributed by atoms with Crippen LogP contribution in [0.1, 0.15) is 38.5 Å². The van der Waals surface area contributed by atoms with E-state index in [1.165, 1.54) is 40.4 Å². The fraction of sp³-hybridized carbons (Fsp3) is 0.517. The summed E-state index contributed by atoms with van der Waals surface area (Å²) in [6, 6.07) is 7.72. The number of hydrogen-bond donors (Lipinski definition) is 5. The molecule has 13 nitrogen and oxygen atoms in total. The summed E-state index contributed by atoms with van der Waals surface area (Å²) in [5.41, 5.74) is -0.293. The molecule has 2 aromatic rings. The van der Waals surface area contributed by atoms with Gasteiger partial charge in [-0.15, -0.1) is 11.8 Å². The summed E-state index contributed by atoms with van der Waals surface area (Å²) in [6.45, 7) is 3.63. The van der Waals surface area contributed by atoms with E-state index in [1.54, 1.807) is 0 Å². The van der Waals surface area contributed by atoms with Gasteiger partial charge in [-0.25, -0.2) is 4.79 Å². The van der Waals surface area contributed by atoms with E-state index in [0.717, 1.165) is 5.56 Å². The molecule has 1 aromatic heterocycles. The van der Waals surface area contributed by atoms with Crippen molar-refractivity contribution in [1.29, 1.82) is 0 Å². The Morgan fingerprint density at radius 1 is 1.11 bits per heavy atom. The van der Waals surface area contributed by atoms with E-state index in [-0.39, 0.29) is 24.8 Å². The Hall–Kier alpha value is -3.40. The number of thioether (sulfide) groups is 2. The molecule has 1 aliphatic rings. The van der Waals surface area contributed by atoms with Crippen molar-refractivity contribution in [2.45, 2.75) is 62.9 Å². The zero-order valence-electron chi connectivity index (χ0n) is 24.9. The fourth-order valence-corrected chi connectivity index (χ4v) is 5.92. The maximum absolute atomic E-state index is 13.6. The highest BCUT2D eigenvalue weighted by atomic mass is 32.2. The minimum absolute atomic E-state index is 0.00322. The number of benzene rings is 1. The van der Waals surface area contributed by atoms with Crippen molar-refractivity contribution < 1.29 is 29.0 Å². The molecule has 1 fully saturated rings. The van der Waals surface area contributed by atoms with Gasteiger partial charge in [0.25, 0.3) is 0 Å². The summed E-state index contributed by atoms with van der Waals surface area (Å²) in [4.78, 5) is 67.8. The molecule has 1 saturated heterocycles. The Kier molecular flexibility index (Phi) is 14.2. The van der Waals surface area contributed by atoms with E-state index in [1.807, 2.05) is 50.4 Å². The molecule has 0 radical (unpaired) electrons. The van der Waals surface area contributed by atoms with Gasteiger partial charge in [-0.05, 0) is 42.4 Å². The summed E-state index contributed by atoms with van der Waals surface area (Å²) in [6.07, 6.45) is 4.03. The van der Waals surface area contributed by atoms with Gasteiger partial charge in [0.2, 0.25) is 24.1 Å². The molecular formula is C29H40N6O7S2. The number of nitrogens with one attached hydrogen (secondary N) is 4. The molecule has 0 aliphatic carbocycles. The number of hydrogen-bond acceptors (Lipinski definition) is 10. The number of aliphatic hydroxyl groups excluding tert-OH is 1. The maximum Gasteiger partial charge on any atom is 0.351 e. The number of anilines is 1. The predicted octanol–water partition coefficient (Wildman–Crippen LogP) is 0.888. The van der Waals surface area contributed by atoms with Crippen molar-refractivity contribution in [3.63, 3.8) is 0 Å². The minimum Gasteiger partial charge on any atom is -0.393 e. The van der Waals surface area contributed by atoms with Gasteiger partial charge in [-0.1, -0.05) is 44.2 Å². The number of carbonyl (C=O) groups is 4. The normalized spacial score (nSPS) is 18.2. The number of aromatic nitrogens is 2. The van der Waals surface area contributed by atoms with E-state index in [4.69, 9.17) is 4.74 Å². The second-order valence-electron chi connectivity index (χ2n) is 10.6. The van der Waals surface area contributed by atoms with Gasteiger partial charge in [0.1, 0.15) is 35.6 Å². The van der Waals surface area contributed by atoms with Crippen LogP contribution in [0.25, 0.3) is 0 Å². The van der Waals surface area contributed by atoms with Gasteiger partial charge in [0, 0.05) is 18.4 Å². The summed E-state index contributed by atoms with van der Waals surface area (Å²) in [5, 5.41) is 20.0. The topological polar surface area (TPSA) is 181 Å². The van der Waals surface area contributed by atoms with E-state index in [9.17, 15) is 29.1 Å². The highest BCUT2D eigenvalue weighted by molar-refractivity contribution is 8.00. The molecular weight excluding hydrogens is 608 g/mol. The first-order valence-corrected chi connectivity index (χ1v) is 16.7. The van der Waals surface area contributed by atoms with Crippen LogP contribution in [0.5, 0.6) is 0 Å². The van der Waals surface area contributed by atoms with Crippen LogP contribution in [-0.2, 0) is 30.3 Å². The van der Waals surface area contributed by atoms with Crippen molar-refractivity contribution in [2.75, 3.05) is 29.7 Å².